The Hall–Kier alpha value is -1.26. The lowest BCUT2D eigenvalue weighted by Crippen LogP contribution is -2.30. The first-order valence-corrected chi connectivity index (χ1v) is 5.16. The first-order valence-electron chi connectivity index (χ1n) is 5.16. The van der Waals surface area contributed by atoms with Crippen molar-refractivity contribution in [2.45, 2.75) is 6.92 Å². The van der Waals surface area contributed by atoms with E-state index in [1.165, 1.54) is 0 Å². The van der Waals surface area contributed by atoms with Crippen LogP contribution in [0.1, 0.15) is 15.9 Å². The standard InChI is InChI=1S/C12H18N2O2.ClH/c1-9-4-5-10(13)8-11(9)12(15)14(2)6-7-16-3;/h4-5,8H,6-7,13H2,1-3H3;1H. The summed E-state index contributed by atoms with van der Waals surface area (Å²) in [6.45, 7) is 3.00. The first-order chi connectivity index (χ1) is 7.56. The molecule has 0 unspecified atom stereocenters. The maximum absolute atomic E-state index is 12.0. The zero-order valence-electron chi connectivity index (χ0n) is 10.4. The van der Waals surface area contributed by atoms with Crippen LogP contribution in [0.15, 0.2) is 18.2 Å². The summed E-state index contributed by atoms with van der Waals surface area (Å²) in [5.41, 5.74) is 7.86. The highest BCUT2D eigenvalue weighted by molar-refractivity contribution is 5.96. The minimum atomic E-state index is -0.0261. The molecule has 0 radical (unpaired) electrons. The van der Waals surface area contributed by atoms with E-state index in [4.69, 9.17) is 10.5 Å². The van der Waals surface area contributed by atoms with Crippen LogP contribution in [0.3, 0.4) is 0 Å². The number of anilines is 1. The molecule has 5 heteroatoms. The molecule has 0 saturated carbocycles. The normalized spacial score (nSPS) is 9.59. The molecule has 4 nitrogen and oxygen atoms in total. The molecule has 0 bridgehead atoms. The van der Waals surface area contributed by atoms with Gasteiger partial charge in [0.05, 0.1) is 6.61 Å². The molecule has 2 N–H and O–H groups in total. The van der Waals surface area contributed by atoms with Gasteiger partial charge in [-0.1, -0.05) is 6.07 Å². The van der Waals surface area contributed by atoms with E-state index in [0.29, 0.717) is 24.4 Å². The van der Waals surface area contributed by atoms with Crippen molar-refractivity contribution in [3.63, 3.8) is 0 Å². The van der Waals surface area contributed by atoms with Gasteiger partial charge in [0.2, 0.25) is 0 Å². The highest BCUT2D eigenvalue weighted by Gasteiger charge is 2.13. The lowest BCUT2D eigenvalue weighted by atomic mass is 10.1. The molecular weight excluding hydrogens is 240 g/mol. The summed E-state index contributed by atoms with van der Waals surface area (Å²) < 4.78 is 4.93. The zero-order valence-corrected chi connectivity index (χ0v) is 11.2. The van der Waals surface area contributed by atoms with Crippen LogP contribution in [0, 0.1) is 6.92 Å². The molecule has 1 aromatic carbocycles. The molecule has 0 fully saturated rings. The molecule has 17 heavy (non-hydrogen) atoms. The monoisotopic (exact) mass is 258 g/mol. The van der Waals surface area contributed by atoms with Gasteiger partial charge in [-0.15, -0.1) is 12.4 Å². The quantitative estimate of drug-likeness (QED) is 0.837. The summed E-state index contributed by atoms with van der Waals surface area (Å²) >= 11 is 0. The van der Waals surface area contributed by atoms with Gasteiger partial charge in [0.25, 0.3) is 5.91 Å². The number of carbonyl (C=O) groups excluding carboxylic acids is 1. The number of hydrogen-bond acceptors (Lipinski definition) is 3. The van der Waals surface area contributed by atoms with Crippen molar-refractivity contribution in [1.29, 1.82) is 0 Å². The summed E-state index contributed by atoms with van der Waals surface area (Å²) in [4.78, 5) is 13.7. The van der Waals surface area contributed by atoms with Crippen LogP contribution >= 0.6 is 12.4 Å². The van der Waals surface area contributed by atoms with Gasteiger partial charge in [0.1, 0.15) is 0 Å². The number of amides is 1. The Morgan fingerprint density at radius 1 is 1.47 bits per heavy atom. The highest BCUT2D eigenvalue weighted by Crippen LogP contribution is 2.14. The fourth-order valence-corrected chi connectivity index (χ4v) is 1.41. The van der Waals surface area contributed by atoms with Gasteiger partial charge in [-0.05, 0) is 24.6 Å². The van der Waals surface area contributed by atoms with E-state index >= 15 is 0 Å². The largest absolute Gasteiger partial charge is 0.399 e. The van der Waals surface area contributed by atoms with Gasteiger partial charge in [-0.2, -0.15) is 0 Å². The number of nitrogen functional groups attached to an aromatic ring is 1. The smallest absolute Gasteiger partial charge is 0.254 e. The third-order valence-electron chi connectivity index (χ3n) is 2.47. The second kappa shape index (κ2) is 7.14. The molecule has 0 aliphatic carbocycles. The van der Waals surface area contributed by atoms with Crippen LogP contribution in [-0.2, 0) is 4.74 Å². The van der Waals surface area contributed by atoms with Gasteiger partial charge in [0.15, 0.2) is 0 Å². The molecule has 1 aromatic rings. The topological polar surface area (TPSA) is 55.6 Å². The number of nitrogens with two attached hydrogens (primary N) is 1. The summed E-state index contributed by atoms with van der Waals surface area (Å²) in [5.74, 6) is -0.0261. The number of aryl methyl sites for hydroxylation is 1. The van der Waals surface area contributed by atoms with Crippen LogP contribution in [0.4, 0.5) is 5.69 Å². The summed E-state index contributed by atoms with van der Waals surface area (Å²) in [6, 6.07) is 5.36. The van der Waals surface area contributed by atoms with Crippen LogP contribution in [0.2, 0.25) is 0 Å². The Labute approximate surface area is 108 Å². The molecule has 1 rings (SSSR count). The minimum absolute atomic E-state index is 0. The molecule has 0 heterocycles. The van der Waals surface area contributed by atoms with E-state index in [0.717, 1.165) is 5.56 Å². The number of nitrogens with zero attached hydrogens (tertiary/aromatic N) is 1. The molecule has 0 aliphatic heterocycles. The van der Waals surface area contributed by atoms with E-state index in [-0.39, 0.29) is 18.3 Å². The Kier molecular flexibility index (Phi) is 6.61. The minimum Gasteiger partial charge on any atom is -0.399 e. The van der Waals surface area contributed by atoms with E-state index < -0.39 is 0 Å². The number of benzene rings is 1. The Morgan fingerprint density at radius 2 is 2.12 bits per heavy atom. The van der Waals surface area contributed by atoms with E-state index in [9.17, 15) is 4.79 Å². The molecule has 1 amide bonds. The Bertz CT molecular complexity index is 383. The van der Waals surface area contributed by atoms with E-state index in [1.807, 2.05) is 13.0 Å². The average Bonchev–Trinajstić information content (AvgIpc) is 2.28. The molecule has 0 aromatic heterocycles. The third kappa shape index (κ3) is 4.24. The number of carbonyl (C=O) groups is 1. The van der Waals surface area contributed by atoms with Gasteiger partial charge in [-0.25, -0.2) is 0 Å². The van der Waals surface area contributed by atoms with E-state index in [1.54, 1.807) is 31.2 Å². The van der Waals surface area contributed by atoms with E-state index in [2.05, 4.69) is 0 Å². The molecular formula is C12H19ClN2O2. The van der Waals surface area contributed by atoms with Gasteiger partial charge in [-0.3, -0.25) is 4.79 Å². The summed E-state index contributed by atoms with van der Waals surface area (Å²) in [5, 5.41) is 0. The Balaban J connectivity index is 0.00000256. The van der Waals surface area contributed by atoms with Crippen LogP contribution < -0.4 is 5.73 Å². The predicted octanol–water partition coefficient (Wildman–Crippen LogP) is 1.72. The van der Waals surface area contributed by atoms with Crippen LogP contribution in [0.25, 0.3) is 0 Å². The molecule has 0 spiro atoms. The number of likely N-dealkylation sites (N-methyl/N-ethyl adjacent to an activating group) is 1. The number of ether oxygens (including phenoxy) is 1. The number of rotatable bonds is 4. The van der Waals surface area contributed by atoms with Crippen molar-refractivity contribution in [3.05, 3.63) is 29.3 Å². The van der Waals surface area contributed by atoms with Crippen molar-refractivity contribution in [3.8, 4) is 0 Å². The fourth-order valence-electron chi connectivity index (χ4n) is 1.41. The summed E-state index contributed by atoms with van der Waals surface area (Å²) in [7, 11) is 3.37. The molecule has 0 saturated heterocycles. The lowest BCUT2D eigenvalue weighted by molar-refractivity contribution is 0.0743. The second-order valence-electron chi connectivity index (χ2n) is 3.79. The zero-order chi connectivity index (χ0) is 12.1. The summed E-state index contributed by atoms with van der Waals surface area (Å²) in [6.07, 6.45) is 0. The molecule has 96 valence electrons. The van der Waals surface area contributed by atoms with Gasteiger partial charge in [0, 0.05) is 32.0 Å². The second-order valence-corrected chi connectivity index (χ2v) is 3.79. The Morgan fingerprint density at radius 3 is 2.71 bits per heavy atom. The SMILES string of the molecule is COCCN(C)C(=O)c1cc(N)ccc1C.Cl. The molecule has 0 atom stereocenters. The van der Waals surface area contributed by atoms with Crippen molar-refractivity contribution in [2.24, 2.45) is 0 Å². The van der Waals surface area contributed by atoms with Crippen molar-refractivity contribution in [1.82, 2.24) is 4.90 Å². The average molecular weight is 259 g/mol. The maximum atomic E-state index is 12.0. The van der Waals surface area contributed by atoms with Gasteiger partial charge >= 0.3 is 0 Å². The molecule has 0 aliphatic rings. The maximum Gasteiger partial charge on any atom is 0.254 e. The number of methoxy groups -OCH3 is 1. The van der Waals surface area contributed by atoms with Gasteiger partial charge < -0.3 is 15.4 Å². The van der Waals surface area contributed by atoms with Crippen LogP contribution in [-0.4, -0.2) is 38.1 Å². The number of halogens is 1. The third-order valence-corrected chi connectivity index (χ3v) is 2.47. The predicted molar refractivity (Wildman–Crippen MR) is 71.7 cm³/mol. The fraction of sp³-hybridized carbons (Fsp3) is 0.417. The van der Waals surface area contributed by atoms with Crippen molar-refractivity contribution < 1.29 is 9.53 Å². The van der Waals surface area contributed by atoms with Crippen molar-refractivity contribution >= 4 is 24.0 Å². The van der Waals surface area contributed by atoms with Crippen molar-refractivity contribution in [2.75, 3.05) is 33.0 Å². The van der Waals surface area contributed by atoms with Crippen LogP contribution in [0.5, 0.6) is 0 Å². The lowest BCUT2D eigenvalue weighted by Gasteiger charge is -2.18. The highest BCUT2D eigenvalue weighted by atomic mass is 35.5. The first kappa shape index (κ1) is 15.7. The number of hydrogen-bond donors (Lipinski definition) is 1.